The molecule has 0 bridgehead atoms. The second-order valence-corrected chi connectivity index (χ2v) is 12.7. The molecule has 0 aliphatic carbocycles. The van der Waals surface area contributed by atoms with E-state index < -0.39 is 11.5 Å². The number of carbonyl (C=O) groups is 4. The lowest BCUT2D eigenvalue weighted by Gasteiger charge is -2.41. The number of hydrogen-bond donors (Lipinski definition) is 3. The molecule has 0 radical (unpaired) electrons. The summed E-state index contributed by atoms with van der Waals surface area (Å²) in [7, 11) is 0. The number of amides is 6. The minimum Gasteiger partial charge on any atom is -0.490 e. The second-order valence-electron chi connectivity index (χ2n) is 11.8. The first-order valence-corrected chi connectivity index (χ1v) is 16.2. The van der Waals surface area contributed by atoms with Crippen LogP contribution in [0.25, 0.3) is 0 Å². The number of terminal acetylenes is 1. The maximum absolute atomic E-state index is 13.6. The van der Waals surface area contributed by atoms with Gasteiger partial charge in [-0.25, -0.2) is 14.5 Å². The van der Waals surface area contributed by atoms with Gasteiger partial charge in [0, 0.05) is 72.3 Å². The summed E-state index contributed by atoms with van der Waals surface area (Å²) in [4.78, 5) is 54.0. The maximum atomic E-state index is 13.6. The van der Waals surface area contributed by atoms with Crippen LogP contribution in [0.4, 0.5) is 15.3 Å². The van der Waals surface area contributed by atoms with Crippen molar-refractivity contribution in [2.75, 3.05) is 31.5 Å². The van der Waals surface area contributed by atoms with Crippen LogP contribution in [0, 0.1) is 12.3 Å². The molecule has 10 nitrogen and oxygen atoms in total. The minimum absolute atomic E-state index is 0.166. The number of fused-ring (bicyclic) bond motifs is 2. The van der Waals surface area contributed by atoms with Crippen LogP contribution in [0.3, 0.4) is 0 Å². The predicted molar refractivity (Wildman–Crippen MR) is 178 cm³/mol. The van der Waals surface area contributed by atoms with Gasteiger partial charge in [-0.05, 0) is 54.4 Å². The molecule has 0 saturated carbocycles. The largest absolute Gasteiger partial charge is 0.490 e. The zero-order chi connectivity index (χ0) is 33.1. The van der Waals surface area contributed by atoms with Crippen LogP contribution in [0.15, 0.2) is 66.7 Å². The van der Waals surface area contributed by atoms with Crippen LogP contribution in [-0.4, -0.2) is 66.0 Å². The van der Waals surface area contributed by atoms with Gasteiger partial charge in [0.1, 0.15) is 17.3 Å². The smallest absolute Gasteiger partial charge is 0.328 e. The van der Waals surface area contributed by atoms with E-state index in [9.17, 15) is 19.2 Å². The minimum atomic E-state index is -1.06. The van der Waals surface area contributed by atoms with Crippen LogP contribution >= 0.6 is 23.2 Å². The molecule has 1 spiro atoms. The van der Waals surface area contributed by atoms with E-state index >= 15 is 0 Å². The summed E-state index contributed by atoms with van der Waals surface area (Å²) in [5, 5.41) is 9.96. The van der Waals surface area contributed by atoms with Crippen molar-refractivity contribution in [3.63, 3.8) is 0 Å². The first-order valence-electron chi connectivity index (χ1n) is 15.4. The van der Waals surface area contributed by atoms with E-state index in [0.29, 0.717) is 73.0 Å². The molecular weight excluding hydrogens is 641 g/mol. The number of anilines is 1. The number of nitrogens with zero attached hydrogens (tertiary/aromatic N) is 2. The molecule has 3 fully saturated rings. The van der Waals surface area contributed by atoms with Crippen molar-refractivity contribution in [3.05, 3.63) is 93.5 Å². The van der Waals surface area contributed by atoms with Gasteiger partial charge in [0.15, 0.2) is 0 Å². The Morgan fingerprint density at radius 1 is 0.957 bits per heavy atom. The summed E-state index contributed by atoms with van der Waals surface area (Å²) in [6.45, 7) is 1.68. The number of likely N-dealkylation sites (tertiary alicyclic amines) is 1. The van der Waals surface area contributed by atoms with Crippen LogP contribution in [0.5, 0.6) is 5.75 Å². The van der Waals surface area contributed by atoms with Gasteiger partial charge in [-0.1, -0.05) is 53.4 Å². The summed E-state index contributed by atoms with van der Waals surface area (Å²) >= 11 is 11.8. The van der Waals surface area contributed by atoms with Crippen LogP contribution in [0.2, 0.25) is 10.0 Å². The molecule has 4 aliphatic rings. The molecule has 3 saturated heterocycles. The standard InChI is InChI=1S/C29H28ClN5O5.C6H5Cl/c1-2-17-3-6-23(40-19-8-12-34(13-9-19)28(39)35-14-11-31-27(35)38)20(15-17)25-29(10-7-24(36)33-25)21-5-4-18(30)16-22(21)32-26(29)37;7-6-4-2-1-3-5-6/h1,3-6,15-16,19,25H,7-14H2,(H,31,38)(H,32,37)(H,33,36);1-5H/t25-,29-;/m1./s1. The maximum Gasteiger partial charge on any atom is 0.328 e. The Labute approximate surface area is 282 Å². The second kappa shape index (κ2) is 13.6. The zero-order valence-electron chi connectivity index (χ0n) is 25.4. The van der Waals surface area contributed by atoms with Crippen molar-refractivity contribution in [2.24, 2.45) is 0 Å². The molecular formula is C35H33Cl2N5O5. The van der Waals surface area contributed by atoms with Crippen molar-refractivity contribution in [3.8, 4) is 18.1 Å². The van der Waals surface area contributed by atoms with E-state index in [1.165, 1.54) is 4.90 Å². The number of piperidine rings is 2. The van der Waals surface area contributed by atoms with Gasteiger partial charge >= 0.3 is 12.1 Å². The van der Waals surface area contributed by atoms with Gasteiger partial charge < -0.3 is 25.6 Å². The highest BCUT2D eigenvalue weighted by atomic mass is 35.5. The molecule has 6 amide bonds. The molecule has 0 unspecified atom stereocenters. The summed E-state index contributed by atoms with van der Waals surface area (Å²) in [5.74, 6) is 2.78. The van der Waals surface area contributed by atoms with Crippen molar-refractivity contribution < 1.29 is 23.9 Å². The van der Waals surface area contributed by atoms with E-state index in [1.807, 2.05) is 36.4 Å². The lowest BCUT2D eigenvalue weighted by molar-refractivity contribution is -0.130. The Kier molecular flexibility index (Phi) is 9.30. The third kappa shape index (κ3) is 6.46. The van der Waals surface area contributed by atoms with E-state index in [2.05, 4.69) is 21.9 Å². The Bertz CT molecular complexity index is 1750. The monoisotopic (exact) mass is 673 g/mol. The Morgan fingerprint density at radius 3 is 2.38 bits per heavy atom. The highest BCUT2D eigenvalue weighted by molar-refractivity contribution is 6.31. The molecule has 3 aromatic carbocycles. The lowest BCUT2D eigenvalue weighted by atomic mass is 9.67. The van der Waals surface area contributed by atoms with Gasteiger partial charge in [-0.15, -0.1) is 6.42 Å². The normalized spacial score (nSPS) is 22.0. The number of rotatable bonds is 3. The number of ether oxygens (including phenoxy) is 1. The van der Waals surface area contributed by atoms with Crippen LogP contribution < -0.4 is 20.7 Å². The summed E-state index contributed by atoms with van der Waals surface area (Å²) in [6.07, 6.45) is 7.14. The van der Waals surface area contributed by atoms with Crippen LogP contribution in [0.1, 0.15) is 48.4 Å². The van der Waals surface area contributed by atoms with Crippen LogP contribution in [-0.2, 0) is 15.0 Å². The van der Waals surface area contributed by atoms with E-state index in [4.69, 9.17) is 34.4 Å². The fourth-order valence-corrected chi connectivity index (χ4v) is 6.93. The van der Waals surface area contributed by atoms with Gasteiger partial charge in [-0.2, -0.15) is 0 Å². The number of benzene rings is 3. The third-order valence-electron chi connectivity index (χ3n) is 8.97. The first kappa shape index (κ1) is 32.2. The Hall–Kier alpha value is -4.72. The van der Waals surface area contributed by atoms with Crippen molar-refractivity contribution in [2.45, 2.75) is 43.2 Å². The van der Waals surface area contributed by atoms with Crippen molar-refractivity contribution in [1.82, 2.24) is 20.4 Å². The van der Waals surface area contributed by atoms with Gasteiger partial charge in [-0.3, -0.25) is 9.59 Å². The highest BCUT2D eigenvalue weighted by Gasteiger charge is 2.56. The summed E-state index contributed by atoms with van der Waals surface area (Å²) < 4.78 is 6.49. The van der Waals surface area contributed by atoms with Crippen molar-refractivity contribution in [1.29, 1.82) is 0 Å². The number of hydrogen-bond acceptors (Lipinski definition) is 5. The SMILES string of the molecule is C#Cc1ccc(OC2CCN(C(=O)N3CCNC3=O)CC2)c([C@H]2NC(=O)CC[C@]23C(=O)Nc2cc(Cl)ccc23)c1.Clc1ccccc1. The van der Waals surface area contributed by atoms with E-state index in [1.54, 1.807) is 35.2 Å². The number of nitrogens with one attached hydrogen (secondary N) is 3. The molecule has 4 heterocycles. The number of halogens is 2. The molecule has 4 aliphatic heterocycles. The number of urea groups is 2. The van der Waals surface area contributed by atoms with Crippen molar-refractivity contribution >= 4 is 52.8 Å². The summed E-state index contributed by atoms with van der Waals surface area (Å²) in [6, 6.07) is 18.7. The third-order valence-corrected chi connectivity index (χ3v) is 9.46. The Morgan fingerprint density at radius 2 is 1.72 bits per heavy atom. The molecule has 2 atom stereocenters. The highest BCUT2D eigenvalue weighted by Crippen LogP contribution is 2.53. The fraction of sp³-hybridized carbons (Fsp3) is 0.314. The molecule has 12 heteroatoms. The average molecular weight is 675 g/mol. The summed E-state index contributed by atoms with van der Waals surface area (Å²) in [5.41, 5.74) is 1.54. The molecule has 0 aromatic heterocycles. The number of imide groups is 1. The fourth-order valence-electron chi connectivity index (χ4n) is 6.61. The molecule has 3 aromatic rings. The molecule has 3 N–H and O–H groups in total. The quantitative estimate of drug-likeness (QED) is 0.318. The lowest BCUT2D eigenvalue weighted by Crippen LogP contribution is -2.52. The molecule has 47 heavy (non-hydrogen) atoms. The van der Waals surface area contributed by atoms with E-state index in [-0.39, 0.29) is 36.4 Å². The van der Waals surface area contributed by atoms with Gasteiger partial charge in [0.25, 0.3) is 0 Å². The predicted octanol–water partition coefficient (Wildman–Crippen LogP) is 5.49. The van der Waals surface area contributed by atoms with E-state index in [0.717, 1.165) is 10.6 Å². The Balaban J connectivity index is 0.000000491. The van der Waals surface area contributed by atoms with Gasteiger partial charge in [0.2, 0.25) is 11.8 Å². The first-order chi connectivity index (χ1) is 22.7. The zero-order valence-corrected chi connectivity index (χ0v) is 26.9. The molecule has 242 valence electrons. The number of carbonyl (C=O) groups excluding carboxylic acids is 4. The average Bonchev–Trinajstić information content (AvgIpc) is 3.62. The molecule has 7 rings (SSSR count). The van der Waals surface area contributed by atoms with Gasteiger partial charge in [0.05, 0.1) is 6.04 Å². The topological polar surface area (TPSA) is 120 Å².